The summed E-state index contributed by atoms with van der Waals surface area (Å²) in [5.41, 5.74) is -0.683. The highest BCUT2D eigenvalue weighted by Crippen LogP contribution is 2.38. The largest absolute Gasteiger partial charge is 0.388 e. The lowest BCUT2D eigenvalue weighted by Crippen LogP contribution is -2.35. The normalized spacial score (nSPS) is 15.8. The fourth-order valence-corrected chi connectivity index (χ4v) is 1.99. The lowest BCUT2D eigenvalue weighted by atomic mass is 9.98. The molecule has 0 spiro atoms. The van der Waals surface area contributed by atoms with E-state index < -0.39 is 5.60 Å². The van der Waals surface area contributed by atoms with Crippen LogP contribution in [0.15, 0.2) is 6.07 Å². The number of hydrogen-bond donors (Lipinski definition) is 2. The zero-order valence-corrected chi connectivity index (χ0v) is 11.7. The number of halogens is 1. The molecule has 2 N–H and O–H groups in total. The maximum atomic E-state index is 10.2. The molecule has 1 aromatic rings. The minimum atomic E-state index is -0.683. The Kier molecular flexibility index (Phi) is 4.07. The Balaban J connectivity index is 2.04. The average molecular weight is 270 g/mol. The molecule has 2 rings (SSSR count). The van der Waals surface area contributed by atoms with Crippen molar-refractivity contribution in [1.82, 2.24) is 9.97 Å². The summed E-state index contributed by atoms with van der Waals surface area (Å²) >= 11 is 5.99. The molecule has 1 heterocycles. The lowest BCUT2D eigenvalue weighted by molar-refractivity contribution is 0.0456. The van der Waals surface area contributed by atoms with Crippen molar-refractivity contribution in [2.45, 2.75) is 51.0 Å². The Bertz CT molecular complexity index is 417. The van der Waals surface area contributed by atoms with Crippen LogP contribution in [0.2, 0.25) is 5.15 Å². The van der Waals surface area contributed by atoms with Crippen molar-refractivity contribution in [2.24, 2.45) is 0 Å². The predicted molar refractivity (Wildman–Crippen MR) is 73.0 cm³/mol. The Morgan fingerprint density at radius 1 is 1.39 bits per heavy atom. The SMILES string of the molecule is CCC(O)(CC)CNc1cc(Cl)nc(C2CC2)n1. The Morgan fingerprint density at radius 3 is 2.61 bits per heavy atom. The van der Waals surface area contributed by atoms with E-state index in [1.807, 2.05) is 13.8 Å². The van der Waals surface area contributed by atoms with Gasteiger partial charge in [0.25, 0.3) is 0 Å². The van der Waals surface area contributed by atoms with Gasteiger partial charge in [0.2, 0.25) is 0 Å². The molecular formula is C13H20ClN3O. The van der Waals surface area contributed by atoms with Crippen molar-refractivity contribution >= 4 is 17.4 Å². The summed E-state index contributed by atoms with van der Waals surface area (Å²) in [4.78, 5) is 8.68. The van der Waals surface area contributed by atoms with E-state index in [0.717, 1.165) is 18.7 Å². The van der Waals surface area contributed by atoms with E-state index in [2.05, 4.69) is 15.3 Å². The first-order valence-corrected chi connectivity index (χ1v) is 6.95. The number of nitrogens with one attached hydrogen (secondary N) is 1. The zero-order chi connectivity index (χ0) is 13.2. The summed E-state index contributed by atoms with van der Waals surface area (Å²) in [6, 6.07) is 1.71. The molecule has 1 aliphatic carbocycles. The van der Waals surface area contributed by atoms with Crippen molar-refractivity contribution in [3.63, 3.8) is 0 Å². The van der Waals surface area contributed by atoms with Crippen molar-refractivity contribution in [3.05, 3.63) is 17.0 Å². The number of rotatable bonds is 6. The van der Waals surface area contributed by atoms with Gasteiger partial charge in [-0.15, -0.1) is 0 Å². The van der Waals surface area contributed by atoms with Crippen LogP contribution in [0.5, 0.6) is 0 Å². The highest BCUT2D eigenvalue weighted by atomic mass is 35.5. The fourth-order valence-electron chi connectivity index (χ4n) is 1.80. The highest BCUT2D eigenvalue weighted by molar-refractivity contribution is 6.29. The van der Waals surface area contributed by atoms with Crippen LogP contribution >= 0.6 is 11.6 Å². The minimum absolute atomic E-state index is 0.464. The molecule has 0 unspecified atom stereocenters. The second-order valence-electron chi connectivity index (χ2n) is 4.99. The first kappa shape index (κ1) is 13.6. The molecule has 1 saturated carbocycles. The third kappa shape index (κ3) is 3.33. The van der Waals surface area contributed by atoms with Gasteiger partial charge in [0.05, 0.1) is 5.60 Å². The molecule has 0 amide bonds. The van der Waals surface area contributed by atoms with Crippen LogP contribution in [-0.4, -0.2) is 27.2 Å². The predicted octanol–water partition coefficient (Wildman–Crippen LogP) is 2.97. The first-order valence-electron chi connectivity index (χ1n) is 6.57. The third-order valence-corrected chi connectivity index (χ3v) is 3.76. The molecule has 0 aromatic carbocycles. The molecule has 0 bridgehead atoms. The van der Waals surface area contributed by atoms with Crippen molar-refractivity contribution in [2.75, 3.05) is 11.9 Å². The maximum Gasteiger partial charge on any atom is 0.135 e. The summed E-state index contributed by atoms with van der Waals surface area (Å²) in [7, 11) is 0. The second kappa shape index (κ2) is 5.41. The van der Waals surface area contributed by atoms with E-state index in [-0.39, 0.29) is 0 Å². The number of anilines is 1. The molecule has 18 heavy (non-hydrogen) atoms. The van der Waals surface area contributed by atoms with E-state index in [4.69, 9.17) is 11.6 Å². The van der Waals surface area contributed by atoms with E-state index >= 15 is 0 Å². The Hall–Kier alpha value is -0.870. The molecule has 5 heteroatoms. The van der Waals surface area contributed by atoms with E-state index in [1.54, 1.807) is 6.07 Å². The first-order chi connectivity index (χ1) is 8.56. The van der Waals surface area contributed by atoms with Gasteiger partial charge in [-0.2, -0.15) is 0 Å². The molecule has 0 atom stereocenters. The Labute approximate surface area is 113 Å². The van der Waals surface area contributed by atoms with Gasteiger partial charge in [-0.3, -0.25) is 0 Å². The topological polar surface area (TPSA) is 58.0 Å². The Morgan fingerprint density at radius 2 is 2.06 bits per heavy atom. The van der Waals surface area contributed by atoms with Crippen LogP contribution in [0.1, 0.15) is 51.3 Å². The summed E-state index contributed by atoms with van der Waals surface area (Å²) in [5, 5.41) is 13.8. The van der Waals surface area contributed by atoms with Crippen LogP contribution in [-0.2, 0) is 0 Å². The van der Waals surface area contributed by atoms with Crippen LogP contribution in [0, 0.1) is 0 Å². The van der Waals surface area contributed by atoms with Gasteiger partial charge in [-0.25, -0.2) is 9.97 Å². The monoisotopic (exact) mass is 269 g/mol. The van der Waals surface area contributed by atoms with Gasteiger partial charge in [0, 0.05) is 18.5 Å². The smallest absolute Gasteiger partial charge is 0.135 e. The summed E-state index contributed by atoms with van der Waals surface area (Å²) in [5.74, 6) is 2.00. The lowest BCUT2D eigenvalue weighted by Gasteiger charge is -2.25. The van der Waals surface area contributed by atoms with Gasteiger partial charge < -0.3 is 10.4 Å². The van der Waals surface area contributed by atoms with Gasteiger partial charge in [-0.05, 0) is 25.7 Å². The molecule has 1 fully saturated rings. The molecule has 0 aliphatic heterocycles. The second-order valence-corrected chi connectivity index (χ2v) is 5.38. The average Bonchev–Trinajstić information content (AvgIpc) is 3.19. The fraction of sp³-hybridized carbons (Fsp3) is 0.692. The number of aliphatic hydroxyl groups is 1. The summed E-state index contributed by atoms with van der Waals surface area (Å²) < 4.78 is 0. The molecule has 0 saturated heterocycles. The number of aromatic nitrogens is 2. The molecule has 1 aliphatic rings. The van der Waals surface area contributed by atoms with E-state index in [9.17, 15) is 5.11 Å². The van der Waals surface area contributed by atoms with Gasteiger partial charge in [-0.1, -0.05) is 25.4 Å². The van der Waals surface area contributed by atoms with E-state index in [0.29, 0.717) is 36.3 Å². The standard InChI is InChI=1S/C13H20ClN3O/c1-3-13(18,4-2)8-15-11-7-10(14)16-12(17-11)9-5-6-9/h7,9,18H,3-6,8H2,1-2H3,(H,15,16,17). The van der Waals surface area contributed by atoms with Gasteiger partial charge in [0.1, 0.15) is 16.8 Å². The van der Waals surface area contributed by atoms with Crippen molar-refractivity contribution < 1.29 is 5.11 Å². The van der Waals surface area contributed by atoms with Crippen LogP contribution in [0.3, 0.4) is 0 Å². The number of nitrogens with zero attached hydrogens (tertiary/aromatic N) is 2. The van der Waals surface area contributed by atoms with Crippen LogP contribution in [0.25, 0.3) is 0 Å². The molecule has 0 radical (unpaired) electrons. The third-order valence-electron chi connectivity index (χ3n) is 3.57. The molecule has 1 aromatic heterocycles. The highest BCUT2D eigenvalue weighted by Gasteiger charge is 2.27. The van der Waals surface area contributed by atoms with Crippen molar-refractivity contribution in [1.29, 1.82) is 0 Å². The number of hydrogen-bond acceptors (Lipinski definition) is 4. The van der Waals surface area contributed by atoms with Crippen LogP contribution < -0.4 is 5.32 Å². The molecule has 4 nitrogen and oxygen atoms in total. The quantitative estimate of drug-likeness (QED) is 0.780. The van der Waals surface area contributed by atoms with Gasteiger partial charge >= 0.3 is 0 Å². The van der Waals surface area contributed by atoms with Crippen LogP contribution in [0.4, 0.5) is 5.82 Å². The molecular weight excluding hydrogens is 250 g/mol. The molecule has 100 valence electrons. The summed E-state index contributed by atoms with van der Waals surface area (Å²) in [6.45, 7) is 4.44. The zero-order valence-electron chi connectivity index (χ0n) is 10.9. The minimum Gasteiger partial charge on any atom is -0.388 e. The maximum absolute atomic E-state index is 10.2. The van der Waals surface area contributed by atoms with Gasteiger partial charge in [0.15, 0.2) is 0 Å². The van der Waals surface area contributed by atoms with Crippen molar-refractivity contribution in [3.8, 4) is 0 Å². The van der Waals surface area contributed by atoms with E-state index in [1.165, 1.54) is 0 Å². The summed E-state index contributed by atoms with van der Waals surface area (Å²) in [6.07, 6.45) is 3.72.